The van der Waals surface area contributed by atoms with Crippen LogP contribution < -0.4 is 0 Å². The number of ether oxygens (including phenoxy) is 6. The van der Waals surface area contributed by atoms with Crippen molar-refractivity contribution in [2.24, 2.45) is 40.9 Å². The lowest BCUT2D eigenvalue weighted by atomic mass is 9.46. The van der Waals surface area contributed by atoms with Crippen LogP contribution in [0.1, 0.15) is 65.2 Å². The predicted molar refractivity (Wildman–Crippen MR) is 171 cm³/mol. The molecule has 19 atom stereocenters. The van der Waals surface area contributed by atoms with Gasteiger partial charge in [-0.25, -0.2) is 4.79 Å². The Morgan fingerprint density at radius 3 is 2.40 bits per heavy atom. The van der Waals surface area contributed by atoms with E-state index in [0.717, 1.165) is 37.5 Å². The van der Waals surface area contributed by atoms with Gasteiger partial charge >= 0.3 is 5.97 Å². The molecule has 0 spiro atoms. The molecular weight excluding hydrogens is 656 g/mol. The van der Waals surface area contributed by atoms with Crippen LogP contribution in [0.2, 0.25) is 0 Å². The fourth-order valence-corrected chi connectivity index (χ4v) is 11.5. The van der Waals surface area contributed by atoms with E-state index in [-0.39, 0.29) is 54.5 Å². The number of carbonyl (C=O) groups is 2. The fraction of sp³-hybridized carbons (Fsp3) is 0.889. The number of aliphatic hydroxyl groups excluding tert-OH is 5. The van der Waals surface area contributed by atoms with Gasteiger partial charge in [0.15, 0.2) is 12.6 Å². The largest absolute Gasteiger partial charge is 0.458 e. The number of methoxy groups -OCH3 is 1. The Balaban J connectivity index is 1.01. The van der Waals surface area contributed by atoms with E-state index in [1.807, 2.05) is 0 Å². The highest BCUT2D eigenvalue weighted by molar-refractivity contribution is 5.85. The van der Waals surface area contributed by atoms with Crippen molar-refractivity contribution in [2.45, 2.75) is 138 Å². The summed E-state index contributed by atoms with van der Waals surface area (Å²) in [6.45, 7) is 3.60. The highest BCUT2D eigenvalue weighted by Gasteiger charge is 2.67. The van der Waals surface area contributed by atoms with Gasteiger partial charge in [0, 0.05) is 30.9 Å². The summed E-state index contributed by atoms with van der Waals surface area (Å²) in [7, 11) is 1.50. The van der Waals surface area contributed by atoms with Gasteiger partial charge in [0.25, 0.3) is 0 Å². The number of esters is 1. The zero-order valence-corrected chi connectivity index (χ0v) is 29.0. The summed E-state index contributed by atoms with van der Waals surface area (Å²) in [4.78, 5) is 24.7. The third-order valence-corrected chi connectivity index (χ3v) is 14.0. The summed E-state index contributed by atoms with van der Waals surface area (Å²) in [6.07, 6.45) is -3.95. The Bertz CT molecular complexity index is 1290. The average molecular weight is 711 g/mol. The van der Waals surface area contributed by atoms with Gasteiger partial charge in [-0.1, -0.05) is 6.92 Å². The van der Waals surface area contributed by atoms with Crippen molar-refractivity contribution in [3.63, 3.8) is 0 Å². The summed E-state index contributed by atoms with van der Waals surface area (Å²) >= 11 is 0. The van der Waals surface area contributed by atoms with E-state index < -0.39 is 85.1 Å². The molecule has 50 heavy (non-hydrogen) atoms. The second kappa shape index (κ2) is 14.0. The second-order valence-corrected chi connectivity index (χ2v) is 16.2. The number of hydrogen-bond donors (Lipinski definition) is 6. The van der Waals surface area contributed by atoms with Crippen molar-refractivity contribution in [1.82, 2.24) is 0 Å². The number of aliphatic hydroxyl groups is 6. The van der Waals surface area contributed by atoms with Crippen LogP contribution in [0.5, 0.6) is 0 Å². The van der Waals surface area contributed by atoms with Gasteiger partial charge in [0.05, 0.1) is 36.6 Å². The van der Waals surface area contributed by atoms with Crippen LogP contribution in [-0.4, -0.2) is 136 Å². The molecule has 3 aliphatic heterocycles. The maximum atomic E-state index is 12.8. The van der Waals surface area contributed by atoms with Crippen LogP contribution in [0, 0.1) is 40.9 Å². The summed E-state index contributed by atoms with van der Waals surface area (Å²) in [5.41, 5.74) is -0.353. The van der Waals surface area contributed by atoms with E-state index in [4.69, 9.17) is 28.4 Å². The summed E-state index contributed by atoms with van der Waals surface area (Å²) in [5, 5.41) is 64.7. The van der Waals surface area contributed by atoms with Gasteiger partial charge in [0.1, 0.15) is 43.4 Å². The van der Waals surface area contributed by atoms with Crippen LogP contribution in [0.25, 0.3) is 0 Å². The maximum Gasteiger partial charge on any atom is 0.331 e. The Morgan fingerprint density at radius 2 is 1.72 bits per heavy atom. The Morgan fingerprint density at radius 1 is 0.940 bits per heavy atom. The van der Waals surface area contributed by atoms with Gasteiger partial charge in [-0.05, 0) is 87.0 Å². The van der Waals surface area contributed by atoms with E-state index >= 15 is 0 Å². The summed E-state index contributed by atoms with van der Waals surface area (Å²) < 4.78 is 35.1. The number of rotatable bonds is 8. The molecule has 14 nitrogen and oxygen atoms in total. The molecule has 3 heterocycles. The van der Waals surface area contributed by atoms with E-state index in [1.165, 1.54) is 7.11 Å². The third-order valence-electron chi connectivity index (χ3n) is 14.0. The van der Waals surface area contributed by atoms with E-state index in [1.54, 1.807) is 13.0 Å². The molecular formula is C36H54O14. The van der Waals surface area contributed by atoms with Crippen LogP contribution >= 0.6 is 0 Å². The Hall–Kier alpha value is -1.56. The van der Waals surface area contributed by atoms with Crippen LogP contribution in [0.4, 0.5) is 0 Å². The number of aldehydes is 1. The minimum atomic E-state index is -1.59. The highest BCUT2D eigenvalue weighted by atomic mass is 16.7. The molecule has 4 aliphatic carbocycles. The molecule has 0 bridgehead atoms. The van der Waals surface area contributed by atoms with Gasteiger partial charge in [-0.3, -0.25) is 0 Å². The molecule has 7 rings (SSSR count). The lowest BCUT2D eigenvalue weighted by molar-refractivity contribution is -0.347. The third kappa shape index (κ3) is 5.90. The molecule has 0 aromatic heterocycles. The summed E-state index contributed by atoms with van der Waals surface area (Å²) in [6, 6.07) is 0. The van der Waals surface area contributed by atoms with Crippen molar-refractivity contribution < 1.29 is 68.6 Å². The van der Waals surface area contributed by atoms with Crippen LogP contribution in [0.3, 0.4) is 0 Å². The number of hydrogen-bond acceptors (Lipinski definition) is 14. The quantitative estimate of drug-likeness (QED) is 0.111. The molecule has 0 aromatic carbocycles. The topological polar surface area (TPSA) is 211 Å². The normalized spacial score (nSPS) is 53.5. The molecule has 14 heteroatoms. The van der Waals surface area contributed by atoms with Crippen molar-refractivity contribution in [3.05, 3.63) is 11.6 Å². The summed E-state index contributed by atoms with van der Waals surface area (Å²) in [5.74, 6) is -0.803. The minimum Gasteiger partial charge on any atom is -0.458 e. The predicted octanol–water partition coefficient (Wildman–Crippen LogP) is -0.0307. The molecule has 7 aliphatic rings. The lowest BCUT2D eigenvalue weighted by Crippen LogP contribution is -2.63. The lowest BCUT2D eigenvalue weighted by Gasteiger charge is -2.61. The number of carbonyl (C=O) groups excluding carboxylic acids is 2. The smallest absolute Gasteiger partial charge is 0.331 e. The van der Waals surface area contributed by atoms with Gasteiger partial charge in [-0.2, -0.15) is 0 Å². The van der Waals surface area contributed by atoms with Crippen LogP contribution in [0.15, 0.2) is 11.6 Å². The molecule has 0 amide bonds. The highest BCUT2D eigenvalue weighted by Crippen LogP contribution is 2.68. The van der Waals surface area contributed by atoms with Crippen molar-refractivity contribution in [3.8, 4) is 0 Å². The molecule has 7 unspecified atom stereocenters. The van der Waals surface area contributed by atoms with E-state index in [2.05, 4.69) is 6.92 Å². The second-order valence-electron chi connectivity index (χ2n) is 16.2. The van der Waals surface area contributed by atoms with E-state index in [9.17, 15) is 40.2 Å². The Labute approximate surface area is 292 Å². The molecule has 282 valence electrons. The number of fused-ring (bicyclic) bond motifs is 5. The molecule has 4 saturated carbocycles. The first-order chi connectivity index (χ1) is 23.8. The molecule has 0 aromatic rings. The zero-order chi connectivity index (χ0) is 35.7. The minimum absolute atomic E-state index is 0.0103. The van der Waals surface area contributed by atoms with Crippen molar-refractivity contribution in [1.29, 1.82) is 0 Å². The maximum absolute atomic E-state index is 12.8. The SMILES string of the molecule is COC1C[C@@H](O[C@H]2C[C@@H](C=O)C3C4CC[C@]5(C)[C@@H](C6=CC(=O)OC6)CC[C@]5(O)C4CCC3[C@H]2O)OC(C)C1O[C@@H]1O[C@H](CO)[C@@H](O)[C@H](O)[C@H]1O. The zero-order valence-electron chi connectivity index (χ0n) is 29.0. The standard InChI is InChI=1S/C36H54O14/c1-16-33(50-34-32(43)31(42)30(41)25(14-38)49-34)24(45-3)12-27(47-16)48-23-10-17(13-37)28-19-6-8-35(2)21(18-11-26(39)46-15-18)7-9-36(35,44)22(19)5-4-20(28)29(23)40/h11,13,16-17,19-25,27-34,38,40-44H,4-10,12,14-15H2,1-3H3/t16?,17-,19?,20?,21+,22?,23-,24?,25+,27+,28?,29+,30+,31-,32+,33?,34-,35+,36-/m0/s1. The molecule has 6 N–H and O–H groups in total. The van der Waals surface area contributed by atoms with E-state index in [0.29, 0.717) is 19.3 Å². The fourth-order valence-electron chi connectivity index (χ4n) is 11.5. The van der Waals surface area contributed by atoms with Gasteiger partial charge in [0.2, 0.25) is 0 Å². The van der Waals surface area contributed by atoms with Gasteiger partial charge in [-0.15, -0.1) is 0 Å². The first kappa shape index (κ1) is 36.8. The number of cyclic esters (lactones) is 1. The van der Waals surface area contributed by atoms with Gasteiger partial charge < -0.3 is 63.9 Å². The molecule has 6 fully saturated rings. The molecule has 2 saturated heterocycles. The van der Waals surface area contributed by atoms with Crippen LogP contribution in [-0.2, 0) is 38.0 Å². The average Bonchev–Trinajstić information content (AvgIpc) is 3.65. The van der Waals surface area contributed by atoms with Crippen molar-refractivity contribution in [2.75, 3.05) is 20.3 Å². The monoisotopic (exact) mass is 710 g/mol. The first-order valence-corrected chi connectivity index (χ1v) is 18.4. The molecule has 0 radical (unpaired) electrons. The Kier molecular flexibility index (Phi) is 10.3. The van der Waals surface area contributed by atoms with Crippen molar-refractivity contribution >= 4 is 12.3 Å². The first-order valence-electron chi connectivity index (χ1n) is 18.4.